The third-order valence-electron chi connectivity index (χ3n) is 3.40. The van der Waals surface area contributed by atoms with E-state index in [1.807, 2.05) is 29.6 Å². The van der Waals surface area contributed by atoms with Crippen LogP contribution in [0.3, 0.4) is 0 Å². The van der Waals surface area contributed by atoms with Gasteiger partial charge in [0.25, 0.3) is 11.8 Å². The second kappa shape index (κ2) is 8.21. The lowest BCUT2D eigenvalue weighted by molar-refractivity contribution is 0.0951. The van der Waals surface area contributed by atoms with Crippen LogP contribution in [0.4, 0.5) is 5.69 Å². The minimum absolute atomic E-state index is 0.225. The molecule has 2 heterocycles. The lowest BCUT2D eigenvalue weighted by Crippen LogP contribution is -2.25. The Bertz CT molecular complexity index is 883. The zero-order chi connectivity index (χ0) is 17.6. The van der Waals surface area contributed by atoms with Gasteiger partial charge < -0.3 is 10.6 Å². The fourth-order valence-corrected chi connectivity index (χ4v) is 3.30. The van der Waals surface area contributed by atoms with E-state index >= 15 is 0 Å². The molecule has 0 saturated carbocycles. The molecule has 0 spiro atoms. The minimum Gasteiger partial charge on any atom is -0.348 e. The van der Waals surface area contributed by atoms with Crippen molar-refractivity contribution in [1.82, 2.24) is 10.3 Å². The van der Waals surface area contributed by atoms with Gasteiger partial charge >= 0.3 is 0 Å². The highest BCUT2D eigenvalue weighted by molar-refractivity contribution is 14.1. The number of nitrogens with one attached hydrogen (secondary N) is 2. The van der Waals surface area contributed by atoms with E-state index < -0.39 is 0 Å². The van der Waals surface area contributed by atoms with Gasteiger partial charge in [-0.3, -0.25) is 14.6 Å². The molecule has 0 fully saturated rings. The van der Waals surface area contributed by atoms with Crippen LogP contribution in [0.1, 0.15) is 25.6 Å². The first kappa shape index (κ1) is 17.6. The lowest BCUT2D eigenvalue weighted by atomic mass is 10.1. The number of carbonyl (C=O) groups excluding carboxylic acids is 2. The van der Waals surface area contributed by atoms with E-state index in [2.05, 4.69) is 38.2 Å². The summed E-state index contributed by atoms with van der Waals surface area (Å²) in [5.41, 5.74) is 1.83. The van der Waals surface area contributed by atoms with Gasteiger partial charge in [-0.1, -0.05) is 12.1 Å². The second-order valence-corrected chi connectivity index (χ2v) is 7.36. The standard InChI is InChI=1S/C18H14IN3O2S/c19-13-5-6-15(22-18(24)16-4-2-8-25-16)14(9-13)17(23)21-11-12-3-1-7-20-10-12/h1-10H,11H2,(H,21,23)(H,22,24). The second-order valence-electron chi connectivity index (χ2n) is 5.17. The summed E-state index contributed by atoms with van der Waals surface area (Å²) in [4.78, 5) is 29.5. The molecule has 0 unspecified atom stereocenters. The first-order valence-electron chi connectivity index (χ1n) is 7.45. The number of pyridine rings is 1. The van der Waals surface area contributed by atoms with Crippen LogP contribution in [0.15, 0.2) is 60.2 Å². The highest BCUT2D eigenvalue weighted by Crippen LogP contribution is 2.21. The van der Waals surface area contributed by atoms with Gasteiger partial charge in [0.1, 0.15) is 0 Å². The summed E-state index contributed by atoms with van der Waals surface area (Å²) < 4.78 is 0.915. The van der Waals surface area contributed by atoms with Gasteiger partial charge in [0.2, 0.25) is 0 Å². The number of halogens is 1. The zero-order valence-electron chi connectivity index (χ0n) is 13.0. The van der Waals surface area contributed by atoms with Crippen LogP contribution < -0.4 is 10.6 Å². The van der Waals surface area contributed by atoms with Crippen LogP contribution in [0.5, 0.6) is 0 Å². The molecule has 0 bridgehead atoms. The van der Waals surface area contributed by atoms with Crippen LogP contribution in [-0.2, 0) is 6.54 Å². The highest BCUT2D eigenvalue weighted by atomic mass is 127. The van der Waals surface area contributed by atoms with Crippen LogP contribution in [0.2, 0.25) is 0 Å². The van der Waals surface area contributed by atoms with Crippen LogP contribution in [0.25, 0.3) is 0 Å². The van der Waals surface area contributed by atoms with Crippen molar-refractivity contribution < 1.29 is 9.59 Å². The molecular formula is C18H14IN3O2S. The van der Waals surface area contributed by atoms with Gasteiger partial charge in [-0.2, -0.15) is 0 Å². The molecule has 7 heteroatoms. The Morgan fingerprint density at radius 3 is 2.72 bits per heavy atom. The third-order valence-corrected chi connectivity index (χ3v) is 4.93. The van der Waals surface area contributed by atoms with Gasteiger partial charge in [0, 0.05) is 22.5 Å². The Kier molecular flexibility index (Phi) is 5.77. The molecule has 2 N–H and O–H groups in total. The van der Waals surface area contributed by atoms with Crippen molar-refractivity contribution >= 4 is 51.4 Å². The molecule has 0 radical (unpaired) electrons. The van der Waals surface area contributed by atoms with E-state index in [0.717, 1.165) is 9.13 Å². The van der Waals surface area contributed by atoms with Crippen molar-refractivity contribution in [2.45, 2.75) is 6.54 Å². The van der Waals surface area contributed by atoms with Crippen molar-refractivity contribution in [2.75, 3.05) is 5.32 Å². The van der Waals surface area contributed by atoms with Gasteiger partial charge in [-0.15, -0.1) is 11.3 Å². The van der Waals surface area contributed by atoms with Gasteiger partial charge in [0.05, 0.1) is 16.1 Å². The van der Waals surface area contributed by atoms with Gasteiger partial charge in [-0.05, 0) is 63.9 Å². The Balaban J connectivity index is 1.76. The number of nitrogens with zero attached hydrogens (tertiary/aromatic N) is 1. The van der Waals surface area contributed by atoms with Crippen LogP contribution >= 0.6 is 33.9 Å². The summed E-state index contributed by atoms with van der Waals surface area (Å²) in [5.74, 6) is -0.471. The van der Waals surface area contributed by atoms with Crippen LogP contribution in [0, 0.1) is 3.57 Å². The maximum absolute atomic E-state index is 12.6. The van der Waals surface area contributed by atoms with E-state index in [0.29, 0.717) is 22.7 Å². The fourth-order valence-electron chi connectivity index (χ4n) is 2.19. The summed E-state index contributed by atoms with van der Waals surface area (Å²) in [5, 5.41) is 7.51. The lowest BCUT2D eigenvalue weighted by Gasteiger charge is -2.12. The zero-order valence-corrected chi connectivity index (χ0v) is 16.0. The van der Waals surface area contributed by atoms with E-state index in [1.165, 1.54) is 11.3 Å². The summed E-state index contributed by atoms with van der Waals surface area (Å²) in [7, 11) is 0. The normalized spacial score (nSPS) is 10.3. The number of thiophene rings is 1. The Hall–Kier alpha value is -2.26. The molecule has 126 valence electrons. The molecule has 2 aromatic heterocycles. The number of anilines is 1. The number of carbonyl (C=O) groups is 2. The Morgan fingerprint density at radius 2 is 2.00 bits per heavy atom. The van der Waals surface area contributed by atoms with E-state index in [-0.39, 0.29) is 11.8 Å². The Morgan fingerprint density at radius 1 is 1.12 bits per heavy atom. The van der Waals surface area contributed by atoms with Gasteiger partial charge in [-0.25, -0.2) is 0 Å². The number of benzene rings is 1. The molecule has 0 saturated heterocycles. The topological polar surface area (TPSA) is 71.1 Å². The highest BCUT2D eigenvalue weighted by Gasteiger charge is 2.15. The van der Waals surface area contributed by atoms with E-state index in [4.69, 9.17) is 0 Å². The predicted molar refractivity (Wildman–Crippen MR) is 107 cm³/mol. The number of hydrogen-bond acceptors (Lipinski definition) is 4. The number of rotatable bonds is 5. The van der Waals surface area contributed by atoms with Crippen molar-refractivity contribution in [1.29, 1.82) is 0 Å². The Labute approximate surface area is 162 Å². The van der Waals surface area contributed by atoms with Crippen molar-refractivity contribution in [2.24, 2.45) is 0 Å². The predicted octanol–water partition coefficient (Wildman–Crippen LogP) is 3.93. The summed E-state index contributed by atoms with van der Waals surface area (Å²) in [6.07, 6.45) is 3.39. The molecule has 0 aliphatic heterocycles. The smallest absolute Gasteiger partial charge is 0.265 e. The molecule has 2 amide bonds. The first-order valence-corrected chi connectivity index (χ1v) is 9.41. The average molecular weight is 463 g/mol. The monoisotopic (exact) mass is 463 g/mol. The quantitative estimate of drug-likeness (QED) is 0.564. The maximum atomic E-state index is 12.6. The molecule has 0 aliphatic rings. The van der Waals surface area contributed by atoms with Crippen molar-refractivity contribution in [3.63, 3.8) is 0 Å². The molecule has 0 atom stereocenters. The molecule has 3 rings (SSSR count). The van der Waals surface area contributed by atoms with E-state index in [9.17, 15) is 9.59 Å². The summed E-state index contributed by atoms with van der Waals surface area (Å²) in [6, 6.07) is 12.6. The molecule has 25 heavy (non-hydrogen) atoms. The molecular weight excluding hydrogens is 449 g/mol. The molecule has 3 aromatic rings. The van der Waals surface area contributed by atoms with Gasteiger partial charge in [0.15, 0.2) is 0 Å². The SMILES string of the molecule is O=C(Nc1ccc(I)cc1C(=O)NCc1cccnc1)c1cccs1. The largest absolute Gasteiger partial charge is 0.348 e. The molecule has 1 aromatic carbocycles. The number of amides is 2. The van der Waals surface area contributed by atoms with Crippen molar-refractivity contribution in [3.8, 4) is 0 Å². The van der Waals surface area contributed by atoms with Crippen molar-refractivity contribution in [3.05, 3.63) is 79.8 Å². The fraction of sp³-hybridized carbons (Fsp3) is 0.0556. The minimum atomic E-state index is -0.246. The average Bonchev–Trinajstić information content (AvgIpc) is 3.17. The van der Waals surface area contributed by atoms with E-state index in [1.54, 1.807) is 30.6 Å². The third kappa shape index (κ3) is 4.64. The summed E-state index contributed by atoms with van der Waals surface area (Å²) >= 11 is 3.49. The first-order chi connectivity index (χ1) is 12.1. The molecule has 5 nitrogen and oxygen atoms in total. The van der Waals surface area contributed by atoms with Crippen LogP contribution in [-0.4, -0.2) is 16.8 Å². The number of aromatic nitrogens is 1. The number of hydrogen-bond donors (Lipinski definition) is 2. The maximum Gasteiger partial charge on any atom is 0.265 e. The summed E-state index contributed by atoms with van der Waals surface area (Å²) in [6.45, 7) is 0.371. The molecule has 0 aliphatic carbocycles.